The van der Waals surface area contributed by atoms with Crippen molar-refractivity contribution in [3.05, 3.63) is 59.9 Å². The molecule has 0 fully saturated rings. The Kier molecular flexibility index (Phi) is 4.14. The Morgan fingerprint density at radius 2 is 2.04 bits per heavy atom. The van der Waals surface area contributed by atoms with Gasteiger partial charge in [0.25, 0.3) is 5.91 Å². The molecule has 0 atom stereocenters. The first-order chi connectivity index (χ1) is 11.2. The third-order valence-corrected chi connectivity index (χ3v) is 3.53. The average molecular weight is 311 g/mol. The van der Waals surface area contributed by atoms with E-state index < -0.39 is 0 Å². The fraction of sp³-hybridized carbons (Fsp3) is 0.176. The van der Waals surface area contributed by atoms with Crippen molar-refractivity contribution >= 4 is 11.4 Å². The predicted octanol–water partition coefficient (Wildman–Crippen LogP) is 2.28. The van der Waals surface area contributed by atoms with Gasteiger partial charge in [-0.15, -0.1) is 0 Å². The van der Waals surface area contributed by atoms with Gasteiger partial charge in [-0.2, -0.15) is 5.10 Å². The molecule has 2 aromatic heterocycles. The van der Waals surface area contributed by atoms with Crippen LogP contribution in [0.25, 0.3) is 5.52 Å². The highest BCUT2D eigenvalue weighted by atomic mass is 16.5. The van der Waals surface area contributed by atoms with E-state index in [1.54, 1.807) is 31.0 Å². The van der Waals surface area contributed by atoms with Crippen molar-refractivity contribution in [3.8, 4) is 11.5 Å². The van der Waals surface area contributed by atoms with Gasteiger partial charge in [-0.05, 0) is 36.4 Å². The Hall–Kier alpha value is -3.02. The number of nitrogens with zero attached hydrogens (tertiary/aromatic N) is 2. The number of rotatable bonds is 5. The monoisotopic (exact) mass is 311 g/mol. The van der Waals surface area contributed by atoms with E-state index in [1.807, 2.05) is 36.4 Å². The standard InChI is InChI=1S/C17H17N3O3/c1-22-14-6-7-16(23-2)12(9-14)11-18-17(21)15-10-13-5-3-4-8-20(13)19-15/h3-10H,11H2,1-2H3,(H,18,21). The second-order valence-electron chi connectivity index (χ2n) is 4.96. The normalized spacial score (nSPS) is 10.5. The van der Waals surface area contributed by atoms with Gasteiger partial charge in [0, 0.05) is 18.3 Å². The van der Waals surface area contributed by atoms with Gasteiger partial charge in [0.2, 0.25) is 0 Å². The number of amides is 1. The molecule has 0 saturated carbocycles. The second kappa shape index (κ2) is 6.39. The Labute approximate surface area is 133 Å². The number of fused-ring (bicyclic) bond motifs is 1. The molecule has 6 nitrogen and oxygen atoms in total. The molecule has 0 radical (unpaired) electrons. The first kappa shape index (κ1) is 14.9. The van der Waals surface area contributed by atoms with Gasteiger partial charge in [0.15, 0.2) is 5.69 Å². The highest BCUT2D eigenvalue weighted by molar-refractivity contribution is 5.93. The van der Waals surface area contributed by atoms with Crippen molar-refractivity contribution in [2.45, 2.75) is 6.54 Å². The number of carbonyl (C=O) groups is 1. The topological polar surface area (TPSA) is 64.9 Å². The predicted molar refractivity (Wildman–Crippen MR) is 85.9 cm³/mol. The van der Waals surface area contributed by atoms with E-state index in [-0.39, 0.29) is 5.91 Å². The minimum absolute atomic E-state index is 0.237. The quantitative estimate of drug-likeness (QED) is 0.785. The zero-order valence-corrected chi connectivity index (χ0v) is 12.9. The lowest BCUT2D eigenvalue weighted by atomic mass is 10.2. The molecule has 0 aliphatic carbocycles. The van der Waals surface area contributed by atoms with E-state index >= 15 is 0 Å². The van der Waals surface area contributed by atoms with Gasteiger partial charge in [-0.25, -0.2) is 4.52 Å². The fourth-order valence-corrected chi connectivity index (χ4v) is 2.34. The molecule has 0 saturated heterocycles. The summed E-state index contributed by atoms with van der Waals surface area (Å²) in [5.74, 6) is 1.17. The lowest BCUT2D eigenvalue weighted by molar-refractivity contribution is 0.0945. The Balaban J connectivity index is 1.76. The second-order valence-corrected chi connectivity index (χ2v) is 4.96. The van der Waals surface area contributed by atoms with Gasteiger partial charge in [0.1, 0.15) is 11.5 Å². The van der Waals surface area contributed by atoms with Gasteiger partial charge in [-0.1, -0.05) is 6.07 Å². The number of pyridine rings is 1. The molecule has 23 heavy (non-hydrogen) atoms. The smallest absolute Gasteiger partial charge is 0.272 e. The van der Waals surface area contributed by atoms with Crippen LogP contribution in [0.15, 0.2) is 48.7 Å². The number of hydrogen-bond acceptors (Lipinski definition) is 4. The van der Waals surface area contributed by atoms with Crippen LogP contribution in [0.3, 0.4) is 0 Å². The van der Waals surface area contributed by atoms with Gasteiger partial charge in [0.05, 0.1) is 19.7 Å². The third kappa shape index (κ3) is 3.11. The van der Waals surface area contributed by atoms with Crippen LogP contribution in [0, 0.1) is 0 Å². The summed E-state index contributed by atoms with van der Waals surface area (Å²) in [5.41, 5.74) is 2.08. The molecular formula is C17H17N3O3. The van der Waals surface area contributed by atoms with Crippen LogP contribution in [0.1, 0.15) is 16.1 Å². The zero-order valence-electron chi connectivity index (χ0n) is 12.9. The van der Waals surface area contributed by atoms with Crippen LogP contribution in [0.4, 0.5) is 0 Å². The SMILES string of the molecule is COc1ccc(OC)c(CNC(=O)c2cc3ccccn3n2)c1. The zero-order chi connectivity index (χ0) is 16.2. The molecule has 0 aliphatic rings. The molecule has 0 unspecified atom stereocenters. The third-order valence-electron chi connectivity index (χ3n) is 3.53. The number of nitrogens with one attached hydrogen (secondary N) is 1. The van der Waals surface area contributed by atoms with Gasteiger partial charge >= 0.3 is 0 Å². The number of carbonyl (C=O) groups excluding carboxylic acids is 1. The van der Waals surface area contributed by atoms with Crippen LogP contribution in [0.5, 0.6) is 11.5 Å². The largest absolute Gasteiger partial charge is 0.497 e. The maximum Gasteiger partial charge on any atom is 0.272 e. The molecule has 6 heteroatoms. The molecule has 0 spiro atoms. The summed E-state index contributed by atoms with van der Waals surface area (Å²) in [7, 11) is 3.19. The molecule has 3 rings (SSSR count). The van der Waals surface area contributed by atoms with E-state index in [0.29, 0.717) is 23.7 Å². The van der Waals surface area contributed by atoms with Gasteiger partial charge < -0.3 is 14.8 Å². The van der Waals surface area contributed by atoms with Crippen LogP contribution >= 0.6 is 0 Å². The molecule has 1 aromatic carbocycles. The summed E-state index contributed by atoms with van der Waals surface area (Å²) in [5, 5.41) is 7.10. The number of ether oxygens (including phenoxy) is 2. The lowest BCUT2D eigenvalue weighted by Crippen LogP contribution is -2.23. The van der Waals surface area contributed by atoms with Crippen LogP contribution < -0.4 is 14.8 Å². The molecule has 1 N–H and O–H groups in total. The van der Waals surface area contributed by atoms with E-state index in [2.05, 4.69) is 10.4 Å². The maximum absolute atomic E-state index is 12.3. The van der Waals surface area contributed by atoms with E-state index in [1.165, 1.54) is 0 Å². The maximum atomic E-state index is 12.3. The minimum Gasteiger partial charge on any atom is -0.497 e. The van der Waals surface area contributed by atoms with Crippen molar-refractivity contribution < 1.29 is 14.3 Å². The van der Waals surface area contributed by atoms with Crippen LogP contribution in [-0.2, 0) is 6.54 Å². The summed E-state index contributed by atoms with van der Waals surface area (Å²) >= 11 is 0. The Bertz CT molecular complexity index is 809. The molecule has 3 aromatic rings. The summed E-state index contributed by atoms with van der Waals surface area (Å²) in [6.45, 7) is 0.326. The summed E-state index contributed by atoms with van der Waals surface area (Å²) in [6.07, 6.45) is 1.80. The number of hydrogen-bond donors (Lipinski definition) is 1. The number of aromatic nitrogens is 2. The average Bonchev–Trinajstić information content (AvgIpc) is 3.03. The minimum atomic E-state index is -0.237. The Morgan fingerprint density at radius 1 is 1.17 bits per heavy atom. The van der Waals surface area contributed by atoms with Crippen LogP contribution in [-0.4, -0.2) is 29.7 Å². The van der Waals surface area contributed by atoms with Gasteiger partial charge in [-0.3, -0.25) is 4.79 Å². The van der Waals surface area contributed by atoms with E-state index in [0.717, 1.165) is 11.1 Å². The summed E-state index contributed by atoms with van der Waals surface area (Å²) in [6, 6.07) is 12.9. The van der Waals surface area contributed by atoms with Crippen molar-refractivity contribution in [1.29, 1.82) is 0 Å². The van der Waals surface area contributed by atoms with Crippen LogP contribution in [0.2, 0.25) is 0 Å². The number of benzene rings is 1. The van der Waals surface area contributed by atoms with Crippen molar-refractivity contribution in [1.82, 2.24) is 14.9 Å². The summed E-state index contributed by atoms with van der Waals surface area (Å²) < 4.78 is 12.2. The molecule has 1 amide bonds. The lowest BCUT2D eigenvalue weighted by Gasteiger charge is -2.10. The van der Waals surface area contributed by atoms with Crippen molar-refractivity contribution in [3.63, 3.8) is 0 Å². The Morgan fingerprint density at radius 3 is 2.78 bits per heavy atom. The van der Waals surface area contributed by atoms with Crippen molar-refractivity contribution in [2.75, 3.05) is 14.2 Å². The molecular weight excluding hydrogens is 294 g/mol. The van der Waals surface area contributed by atoms with Crippen molar-refractivity contribution in [2.24, 2.45) is 0 Å². The fourth-order valence-electron chi connectivity index (χ4n) is 2.34. The van der Waals surface area contributed by atoms with E-state index in [9.17, 15) is 4.79 Å². The molecule has 118 valence electrons. The molecule has 0 bridgehead atoms. The summed E-state index contributed by atoms with van der Waals surface area (Å²) in [4.78, 5) is 12.3. The van der Waals surface area contributed by atoms with E-state index in [4.69, 9.17) is 9.47 Å². The highest BCUT2D eigenvalue weighted by Gasteiger charge is 2.12. The number of methoxy groups -OCH3 is 2. The molecule has 0 aliphatic heterocycles. The molecule has 2 heterocycles. The first-order valence-corrected chi connectivity index (χ1v) is 7.15. The first-order valence-electron chi connectivity index (χ1n) is 7.15. The highest BCUT2D eigenvalue weighted by Crippen LogP contribution is 2.23.